The molecule has 156 valence electrons. The summed E-state index contributed by atoms with van der Waals surface area (Å²) in [6, 6.07) is 10.6. The molecule has 0 aliphatic heterocycles. The van der Waals surface area contributed by atoms with E-state index < -0.39 is 18.5 Å². The van der Waals surface area contributed by atoms with Crippen molar-refractivity contribution in [1.29, 1.82) is 5.26 Å². The third kappa shape index (κ3) is 5.84. The second-order valence-corrected chi connectivity index (χ2v) is 7.16. The zero-order valence-corrected chi connectivity index (χ0v) is 18.4. The number of amides is 1. The van der Waals surface area contributed by atoms with Crippen molar-refractivity contribution in [3.05, 3.63) is 57.1 Å². The first-order valence-corrected chi connectivity index (χ1v) is 9.86. The molecule has 8 heteroatoms. The Morgan fingerprint density at radius 2 is 1.93 bits per heavy atom. The quantitative estimate of drug-likeness (QED) is 0.433. The zero-order valence-electron chi connectivity index (χ0n) is 16.8. The van der Waals surface area contributed by atoms with E-state index in [0.717, 1.165) is 11.1 Å². The number of halogens is 1. The maximum atomic E-state index is 12.6. The lowest BCUT2D eigenvalue weighted by Gasteiger charge is -2.13. The molecule has 0 aromatic heterocycles. The first-order valence-electron chi connectivity index (χ1n) is 9.07. The lowest BCUT2D eigenvalue weighted by molar-refractivity contribution is -0.139. The van der Waals surface area contributed by atoms with Gasteiger partial charge in [-0.1, -0.05) is 28.1 Å². The number of nitrogens with one attached hydrogen (secondary N) is 1. The van der Waals surface area contributed by atoms with E-state index in [1.54, 1.807) is 19.1 Å². The van der Waals surface area contributed by atoms with Crippen LogP contribution in [0.5, 0.6) is 11.5 Å². The van der Waals surface area contributed by atoms with Gasteiger partial charge in [-0.2, -0.15) is 5.26 Å². The van der Waals surface area contributed by atoms with Gasteiger partial charge in [0.1, 0.15) is 11.6 Å². The van der Waals surface area contributed by atoms with Gasteiger partial charge in [-0.15, -0.1) is 0 Å². The number of aryl methyl sites for hydroxylation is 1. The van der Waals surface area contributed by atoms with Gasteiger partial charge in [-0.05, 0) is 61.7 Å². The lowest BCUT2D eigenvalue weighted by atomic mass is 10.1. The zero-order chi connectivity index (χ0) is 22.3. The van der Waals surface area contributed by atoms with Crippen LogP contribution in [0.25, 0.3) is 6.08 Å². The number of carbonyl (C=O) groups excluding carboxylic acids is 1. The minimum Gasteiger partial charge on any atom is -0.490 e. The molecule has 2 aromatic rings. The normalized spacial score (nSPS) is 10.8. The van der Waals surface area contributed by atoms with E-state index in [9.17, 15) is 14.9 Å². The molecule has 0 heterocycles. The molecule has 0 saturated carbocycles. The van der Waals surface area contributed by atoms with Crippen LogP contribution in [-0.2, 0) is 9.59 Å². The minimum atomic E-state index is -1.12. The van der Waals surface area contributed by atoms with Gasteiger partial charge in [-0.25, -0.2) is 4.79 Å². The van der Waals surface area contributed by atoms with Gasteiger partial charge in [0.25, 0.3) is 5.91 Å². The first-order chi connectivity index (χ1) is 14.3. The Morgan fingerprint density at radius 3 is 2.57 bits per heavy atom. The Balaban J connectivity index is 2.36. The van der Waals surface area contributed by atoms with E-state index >= 15 is 0 Å². The number of ether oxygens (including phenoxy) is 2. The molecule has 0 radical (unpaired) electrons. The summed E-state index contributed by atoms with van der Waals surface area (Å²) in [6.45, 7) is 5.40. The Hall–Kier alpha value is -3.31. The van der Waals surface area contributed by atoms with Crippen LogP contribution in [-0.4, -0.2) is 30.2 Å². The summed E-state index contributed by atoms with van der Waals surface area (Å²) >= 11 is 3.37. The second-order valence-electron chi connectivity index (χ2n) is 6.31. The molecule has 0 spiro atoms. The Morgan fingerprint density at radius 1 is 1.23 bits per heavy atom. The molecular formula is C22H21BrN2O5. The summed E-state index contributed by atoms with van der Waals surface area (Å²) in [7, 11) is 0. The van der Waals surface area contributed by atoms with Crippen molar-refractivity contribution in [3.8, 4) is 17.6 Å². The summed E-state index contributed by atoms with van der Waals surface area (Å²) in [5, 5.41) is 21.1. The van der Waals surface area contributed by atoms with Crippen molar-refractivity contribution in [2.75, 3.05) is 18.5 Å². The predicted octanol–water partition coefficient (Wildman–Crippen LogP) is 4.47. The highest BCUT2D eigenvalue weighted by atomic mass is 79.9. The molecule has 0 unspecified atom stereocenters. The average molecular weight is 473 g/mol. The largest absolute Gasteiger partial charge is 0.490 e. The minimum absolute atomic E-state index is 0.0988. The highest BCUT2D eigenvalue weighted by molar-refractivity contribution is 9.10. The van der Waals surface area contributed by atoms with Crippen molar-refractivity contribution in [2.45, 2.75) is 20.8 Å². The van der Waals surface area contributed by atoms with Crippen LogP contribution in [0, 0.1) is 25.2 Å². The SMILES string of the molecule is CCOc1cc(/C=C(\C#N)C(=O)Nc2cccc(C)c2C)c(Br)cc1OCC(=O)O. The highest BCUT2D eigenvalue weighted by Crippen LogP contribution is 2.35. The fourth-order valence-electron chi connectivity index (χ4n) is 2.56. The molecule has 0 aliphatic rings. The summed E-state index contributed by atoms with van der Waals surface area (Å²) in [6.07, 6.45) is 1.42. The molecule has 0 saturated heterocycles. The fourth-order valence-corrected chi connectivity index (χ4v) is 3.00. The molecule has 30 heavy (non-hydrogen) atoms. The molecule has 2 N–H and O–H groups in total. The number of carboxylic acids is 1. The van der Waals surface area contributed by atoms with Gasteiger partial charge < -0.3 is 19.9 Å². The van der Waals surface area contributed by atoms with E-state index in [-0.39, 0.29) is 11.3 Å². The summed E-state index contributed by atoms with van der Waals surface area (Å²) in [4.78, 5) is 23.4. The number of nitriles is 1. The van der Waals surface area contributed by atoms with E-state index in [4.69, 9.17) is 14.6 Å². The summed E-state index contributed by atoms with van der Waals surface area (Å²) in [5.74, 6) is -1.11. The van der Waals surface area contributed by atoms with Crippen LogP contribution in [0.4, 0.5) is 5.69 Å². The maximum absolute atomic E-state index is 12.6. The van der Waals surface area contributed by atoms with Gasteiger partial charge in [-0.3, -0.25) is 4.79 Å². The number of anilines is 1. The molecule has 2 rings (SSSR count). The monoisotopic (exact) mass is 472 g/mol. The number of carboxylic acid groups (broad SMARTS) is 1. The predicted molar refractivity (Wildman–Crippen MR) is 117 cm³/mol. The smallest absolute Gasteiger partial charge is 0.341 e. The lowest BCUT2D eigenvalue weighted by Crippen LogP contribution is -2.14. The van der Waals surface area contributed by atoms with Crippen LogP contribution < -0.4 is 14.8 Å². The van der Waals surface area contributed by atoms with E-state index in [1.807, 2.05) is 32.0 Å². The molecule has 7 nitrogen and oxygen atoms in total. The van der Waals surface area contributed by atoms with Gasteiger partial charge in [0.05, 0.1) is 6.61 Å². The number of rotatable bonds is 8. The number of benzene rings is 2. The van der Waals surface area contributed by atoms with Gasteiger partial charge in [0.2, 0.25) is 0 Å². The number of hydrogen-bond acceptors (Lipinski definition) is 5. The topological polar surface area (TPSA) is 109 Å². The number of nitrogens with zero attached hydrogens (tertiary/aromatic N) is 1. The Kier molecular flexibility index (Phi) is 8.01. The summed E-state index contributed by atoms with van der Waals surface area (Å²) < 4.78 is 11.3. The third-order valence-electron chi connectivity index (χ3n) is 4.23. The van der Waals surface area contributed by atoms with Crippen LogP contribution in [0.1, 0.15) is 23.6 Å². The van der Waals surface area contributed by atoms with Crippen molar-refractivity contribution < 1.29 is 24.2 Å². The molecule has 0 fully saturated rings. The van der Waals surface area contributed by atoms with Gasteiger partial charge >= 0.3 is 5.97 Å². The standard InChI is InChI=1S/C22H21BrN2O5/c1-4-29-19-9-15(17(23)10-20(19)30-12-21(26)27)8-16(11-24)22(28)25-18-7-5-6-13(2)14(18)3/h5-10H,4,12H2,1-3H3,(H,25,28)(H,26,27)/b16-8+. The van der Waals surface area contributed by atoms with Crippen LogP contribution in [0.15, 0.2) is 40.4 Å². The first kappa shape index (κ1) is 23.0. The van der Waals surface area contributed by atoms with E-state index in [1.165, 1.54) is 12.1 Å². The van der Waals surface area contributed by atoms with Crippen molar-refractivity contribution in [3.63, 3.8) is 0 Å². The van der Waals surface area contributed by atoms with Crippen molar-refractivity contribution >= 4 is 39.6 Å². The molecule has 0 atom stereocenters. The molecule has 0 bridgehead atoms. The number of carbonyl (C=O) groups is 2. The number of aliphatic carboxylic acids is 1. The molecule has 0 aliphatic carbocycles. The van der Waals surface area contributed by atoms with Gasteiger partial charge in [0, 0.05) is 10.2 Å². The summed E-state index contributed by atoms with van der Waals surface area (Å²) in [5.41, 5.74) is 2.99. The number of hydrogen-bond donors (Lipinski definition) is 2. The van der Waals surface area contributed by atoms with Crippen molar-refractivity contribution in [1.82, 2.24) is 0 Å². The van der Waals surface area contributed by atoms with Crippen molar-refractivity contribution in [2.24, 2.45) is 0 Å². The van der Waals surface area contributed by atoms with Crippen LogP contribution in [0.3, 0.4) is 0 Å². The van der Waals surface area contributed by atoms with Crippen LogP contribution in [0.2, 0.25) is 0 Å². The molecule has 2 aromatic carbocycles. The third-order valence-corrected chi connectivity index (χ3v) is 4.92. The Labute approximate surface area is 183 Å². The highest BCUT2D eigenvalue weighted by Gasteiger charge is 2.15. The maximum Gasteiger partial charge on any atom is 0.341 e. The second kappa shape index (κ2) is 10.5. The molecule has 1 amide bonds. The molecular weight excluding hydrogens is 452 g/mol. The van der Waals surface area contributed by atoms with E-state index in [0.29, 0.717) is 28.1 Å². The van der Waals surface area contributed by atoms with Gasteiger partial charge in [0.15, 0.2) is 18.1 Å². The van der Waals surface area contributed by atoms with E-state index in [2.05, 4.69) is 21.2 Å². The fraction of sp³-hybridized carbons (Fsp3) is 0.227. The average Bonchev–Trinajstić information content (AvgIpc) is 2.70. The Bertz CT molecular complexity index is 1040. The van der Waals surface area contributed by atoms with Crippen LogP contribution >= 0.6 is 15.9 Å².